The highest BCUT2D eigenvalue weighted by Crippen LogP contribution is 2.30. The summed E-state index contributed by atoms with van der Waals surface area (Å²) in [4.78, 5) is 14.2. The molecule has 1 saturated heterocycles. The molecule has 2 heterocycles. The fourth-order valence-electron chi connectivity index (χ4n) is 2.53. The van der Waals surface area contributed by atoms with Crippen LogP contribution in [0, 0.1) is 5.41 Å². The Labute approximate surface area is 114 Å². The molecule has 2 nitrogen and oxygen atoms in total. The molecule has 0 aromatic carbocycles. The Morgan fingerprint density at radius 1 is 1.39 bits per heavy atom. The minimum Gasteiger partial charge on any atom is -0.343 e. The van der Waals surface area contributed by atoms with E-state index in [9.17, 15) is 4.79 Å². The standard InChI is InChI=1S/C15H23NOS/c1-15(2,3)10-14(17)16-7-4-12(5-8-16)13-6-9-18-11-13/h6,9,11-12H,4-5,7-8,10H2,1-3H3. The van der Waals surface area contributed by atoms with Gasteiger partial charge in [-0.2, -0.15) is 11.3 Å². The molecule has 3 heteroatoms. The first-order valence-corrected chi connectivity index (χ1v) is 7.70. The molecule has 0 bridgehead atoms. The predicted octanol–water partition coefficient (Wildman–Crippen LogP) is 3.89. The van der Waals surface area contributed by atoms with Crippen LogP contribution in [0.1, 0.15) is 51.5 Å². The van der Waals surface area contributed by atoms with Crippen molar-refractivity contribution in [2.45, 2.75) is 46.0 Å². The smallest absolute Gasteiger partial charge is 0.223 e. The Morgan fingerprint density at radius 3 is 2.56 bits per heavy atom. The third kappa shape index (κ3) is 3.58. The maximum absolute atomic E-state index is 12.1. The fraction of sp³-hybridized carbons (Fsp3) is 0.667. The van der Waals surface area contributed by atoms with Crippen molar-refractivity contribution in [2.24, 2.45) is 5.41 Å². The van der Waals surface area contributed by atoms with E-state index >= 15 is 0 Å². The summed E-state index contributed by atoms with van der Waals surface area (Å²) in [6.45, 7) is 8.24. The molecule has 0 spiro atoms. The van der Waals surface area contributed by atoms with Gasteiger partial charge in [-0.15, -0.1) is 0 Å². The predicted molar refractivity (Wildman–Crippen MR) is 76.9 cm³/mol. The quantitative estimate of drug-likeness (QED) is 0.794. The van der Waals surface area contributed by atoms with Gasteiger partial charge in [0.05, 0.1) is 0 Å². The summed E-state index contributed by atoms with van der Waals surface area (Å²) in [5.74, 6) is 0.987. The van der Waals surface area contributed by atoms with Gasteiger partial charge >= 0.3 is 0 Å². The minimum atomic E-state index is 0.0985. The van der Waals surface area contributed by atoms with E-state index in [0.29, 0.717) is 18.2 Å². The molecule has 1 amide bonds. The zero-order chi connectivity index (χ0) is 13.2. The van der Waals surface area contributed by atoms with Gasteiger partial charge in [-0.3, -0.25) is 4.79 Å². The number of hydrogen-bond acceptors (Lipinski definition) is 2. The third-order valence-electron chi connectivity index (χ3n) is 3.54. The second-order valence-electron chi connectivity index (χ2n) is 6.45. The molecule has 1 aromatic rings. The molecule has 100 valence electrons. The Hall–Kier alpha value is -0.830. The van der Waals surface area contributed by atoms with E-state index < -0.39 is 0 Å². The largest absolute Gasteiger partial charge is 0.343 e. The lowest BCUT2D eigenvalue weighted by Crippen LogP contribution is -2.39. The number of carbonyl (C=O) groups is 1. The SMILES string of the molecule is CC(C)(C)CC(=O)N1CCC(c2ccsc2)CC1. The normalized spacial score (nSPS) is 18.1. The highest BCUT2D eigenvalue weighted by molar-refractivity contribution is 7.07. The molecule has 0 atom stereocenters. The van der Waals surface area contributed by atoms with E-state index in [0.717, 1.165) is 25.9 Å². The molecule has 0 unspecified atom stereocenters. The molecule has 0 N–H and O–H groups in total. The summed E-state index contributed by atoms with van der Waals surface area (Å²) in [7, 11) is 0. The molecule has 0 aliphatic carbocycles. The number of carbonyl (C=O) groups excluding carboxylic acids is 1. The van der Waals surface area contributed by atoms with Crippen LogP contribution in [0.25, 0.3) is 0 Å². The number of amides is 1. The number of piperidine rings is 1. The van der Waals surface area contributed by atoms with Crippen LogP contribution < -0.4 is 0 Å². The lowest BCUT2D eigenvalue weighted by atomic mass is 9.89. The third-order valence-corrected chi connectivity index (χ3v) is 4.25. The van der Waals surface area contributed by atoms with Gasteiger partial charge in [-0.05, 0) is 46.6 Å². The Balaban J connectivity index is 1.85. The van der Waals surface area contributed by atoms with E-state index in [4.69, 9.17) is 0 Å². The van der Waals surface area contributed by atoms with Crippen LogP contribution >= 0.6 is 11.3 Å². The number of nitrogens with zero attached hydrogens (tertiary/aromatic N) is 1. The lowest BCUT2D eigenvalue weighted by Gasteiger charge is -2.33. The highest BCUT2D eigenvalue weighted by Gasteiger charge is 2.26. The Morgan fingerprint density at radius 2 is 2.06 bits per heavy atom. The summed E-state index contributed by atoms with van der Waals surface area (Å²) >= 11 is 1.77. The van der Waals surface area contributed by atoms with E-state index in [1.165, 1.54) is 5.56 Å². The van der Waals surface area contributed by atoms with Crippen LogP contribution in [0.3, 0.4) is 0 Å². The summed E-state index contributed by atoms with van der Waals surface area (Å²) < 4.78 is 0. The van der Waals surface area contributed by atoms with Gasteiger partial charge < -0.3 is 4.90 Å². The summed E-state index contributed by atoms with van der Waals surface area (Å²) in [5.41, 5.74) is 1.56. The first-order chi connectivity index (χ1) is 8.46. The van der Waals surface area contributed by atoms with Crippen LogP contribution in [0.15, 0.2) is 16.8 Å². The van der Waals surface area contributed by atoms with Crippen molar-refractivity contribution in [2.75, 3.05) is 13.1 Å². The second kappa shape index (κ2) is 5.43. The molecule has 2 rings (SSSR count). The first kappa shape index (κ1) is 13.6. The lowest BCUT2D eigenvalue weighted by molar-refractivity contribution is -0.134. The minimum absolute atomic E-state index is 0.0985. The van der Waals surface area contributed by atoms with E-state index in [-0.39, 0.29) is 5.41 Å². The second-order valence-corrected chi connectivity index (χ2v) is 7.23. The molecule has 1 aliphatic rings. The molecule has 0 saturated carbocycles. The maximum atomic E-state index is 12.1. The molecule has 1 aliphatic heterocycles. The maximum Gasteiger partial charge on any atom is 0.223 e. The van der Waals surface area contributed by atoms with Crippen LogP contribution in [0.2, 0.25) is 0 Å². The molecule has 1 aromatic heterocycles. The van der Waals surface area contributed by atoms with Crippen molar-refractivity contribution in [3.63, 3.8) is 0 Å². The van der Waals surface area contributed by atoms with Crippen LogP contribution in [-0.4, -0.2) is 23.9 Å². The van der Waals surface area contributed by atoms with E-state index in [1.54, 1.807) is 11.3 Å². The Kier molecular flexibility index (Phi) is 4.10. The van der Waals surface area contributed by atoms with Crippen molar-refractivity contribution < 1.29 is 4.79 Å². The monoisotopic (exact) mass is 265 g/mol. The van der Waals surface area contributed by atoms with Gasteiger partial charge in [0.15, 0.2) is 0 Å². The number of likely N-dealkylation sites (tertiary alicyclic amines) is 1. The van der Waals surface area contributed by atoms with Gasteiger partial charge in [-0.25, -0.2) is 0 Å². The summed E-state index contributed by atoms with van der Waals surface area (Å²) in [6, 6.07) is 2.22. The van der Waals surface area contributed by atoms with Crippen molar-refractivity contribution in [1.29, 1.82) is 0 Å². The molecule has 0 radical (unpaired) electrons. The Bertz CT molecular complexity index is 383. The van der Waals surface area contributed by atoms with E-state index in [2.05, 4.69) is 37.6 Å². The summed E-state index contributed by atoms with van der Waals surface area (Å²) in [6.07, 6.45) is 2.90. The number of hydrogen-bond donors (Lipinski definition) is 0. The van der Waals surface area contributed by atoms with Crippen LogP contribution in [0.4, 0.5) is 0 Å². The van der Waals surface area contributed by atoms with Crippen molar-refractivity contribution in [1.82, 2.24) is 4.90 Å². The number of rotatable bonds is 2. The molecule has 18 heavy (non-hydrogen) atoms. The summed E-state index contributed by atoms with van der Waals surface area (Å²) in [5, 5.41) is 4.39. The fourth-order valence-corrected chi connectivity index (χ4v) is 3.28. The van der Waals surface area contributed by atoms with Crippen molar-refractivity contribution in [3.8, 4) is 0 Å². The van der Waals surface area contributed by atoms with Gasteiger partial charge in [-0.1, -0.05) is 20.8 Å². The first-order valence-electron chi connectivity index (χ1n) is 6.75. The highest BCUT2D eigenvalue weighted by atomic mass is 32.1. The topological polar surface area (TPSA) is 20.3 Å². The van der Waals surface area contributed by atoms with Gasteiger partial charge in [0.1, 0.15) is 0 Å². The van der Waals surface area contributed by atoms with Crippen molar-refractivity contribution >= 4 is 17.2 Å². The number of thiophene rings is 1. The van der Waals surface area contributed by atoms with Crippen LogP contribution in [0.5, 0.6) is 0 Å². The van der Waals surface area contributed by atoms with Crippen LogP contribution in [-0.2, 0) is 4.79 Å². The zero-order valence-electron chi connectivity index (χ0n) is 11.6. The van der Waals surface area contributed by atoms with Gasteiger partial charge in [0, 0.05) is 19.5 Å². The van der Waals surface area contributed by atoms with Gasteiger partial charge in [0.2, 0.25) is 5.91 Å². The average molecular weight is 265 g/mol. The zero-order valence-corrected chi connectivity index (χ0v) is 12.4. The molecular formula is C15H23NOS. The molecular weight excluding hydrogens is 242 g/mol. The average Bonchev–Trinajstić information content (AvgIpc) is 2.80. The van der Waals surface area contributed by atoms with E-state index in [1.807, 2.05) is 4.90 Å². The molecule has 1 fully saturated rings. The van der Waals surface area contributed by atoms with Gasteiger partial charge in [0.25, 0.3) is 0 Å². The van der Waals surface area contributed by atoms with Crippen molar-refractivity contribution in [3.05, 3.63) is 22.4 Å².